The largest absolute Gasteiger partial charge is 0.493 e. The summed E-state index contributed by atoms with van der Waals surface area (Å²) in [5.74, 6) is 0.494. The van der Waals surface area contributed by atoms with Crippen LogP contribution in [0, 0.1) is 5.92 Å². The molecule has 0 amide bonds. The summed E-state index contributed by atoms with van der Waals surface area (Å²) >= 11 is 0. The van der Waals surface area contributed by atoms with Crippen LogP contribution in [0.2, 0.25) is 0 Å². The van der Waals surface area contributed by atoms with Crippen molar-refractivity contribution in [2.24, 2.45) is 10.9 Å². The smallest absolute Gasteiger partial charge is 0.326 e. The van der Waals surface area contributed by atoms with Crippen LogP contribution in [0.1, 0.15) is 44.0 Å². The molecule has 4 aromatic rings. The highest BCUT2D eigenvalue weighted by atomic mass is 16.3. The Labute approximate surface area is 182 Å². The molecule has 1 aliphatic carbocycles. The molecule has 1 fully saturated rings. The average molecular weight is 432 g/mol. The molecular formula is C22H24N8O2. The fourth-order valence-corrected chi connectivity index (χ4v) is 3.58. The van der Waals surface area contributed by atoms with Crippen LogP contribution in [-0.2, 0) is 0 Å². The second-order valence-corrected chi connectivity index (χ2v) is 8.31. The highest BCUT2D eigenvalue weighted by Gasteiger charge is 2.22. The van der Waals surface area contributed by atoms with Gasteiger partial charge in [0.1, 0.15) is 5.69 Å². The van der Waals surface area contributed by atoms with Gasteiger partial charge in [0.15, 0.2) is 5.65 Å². The van der Waals surface area contributed by atoms with Gasteiger partial charge in [-0.1, -0.05) is 44.2 Å². The van der Waals surface area contributed by atoms with Gasteiger partial charge in [-0.2, -0.15) is 19.6 Å². The highest BCUT2D eigenvalue weighted by molar-refractivity contribution is 5.57. The van der Waals surface area contributed by atoms with E-state index in [4.69, 9.17) is 9.98 Å². The fraction of sp³-hybridized carbons (Fsp3) is 0.318. The first-order valence-corrected chi connectivity index (χ1v) is 10.6. The third-order valence-electron chi connectivity index (χ3n) is 5.37. The summed E-state index contributed by atoms with van der Waals surface area (Å²) in [5.41, 5.74) is 1.90. The van der Waals surface area contributed by atoms with Crippen molar-refractivity contribution in [3.63, 3.8) is 0 Å². The van der Waals surface area contributed by atoms with Gasteiger partial charge in [0.25, 0.3) is 5.62 Å². The SMILES string of the molecule is CC(C)C(Nc1nc(=NC2CC2)n2ncc(=Cc3[nH]c(=O)[nH]c3O)c2n1)c1ccccc1. The van der Waals surface area contributed by atoms with Crippen molar-refractivity contribution in [3.8, 4) is 5.88 Å². The zero-order valence-corrected chi connectivity index (χ0v) is 17.8. The quantitative estimate of drug-likeness (QED) is 0.362. The van der Waals surface area contributed by atoms with Crippen LogP contribution in [0.3, 0.4) is 0 Å². The molecule has 0 radical (unpaired) electrons. The maximum Gasteiger partial charge on any atom is 0.326 e. The molecule has 0 spiro atoms. The molecule has 0 aliphatic heterocycles. The van der Waals surface area contributed by atoms with E-state index in [0.717, 1.165) is 18.4 Å². The van der Waals surface area contributed by atoms with Gasteiger partial charge in [0.05, 0.1) is 18.3 Å². The Bertz CT molecular complexity index is 1430. The third kappa shape index (κ3) is 3.98. The Kier molecular flexibility index (Phi) is 4.96. The van der Waals surface area contributed by atoms with Crippen molar-refractivity contribution in [2.75, 3.05) is 5.32 Å². The first kappa shape index (κ1) is 20.0. The second kappa shape index (κ2) is 7.95. The van der Waals surface area contributed by atoms with Crippen molar-refractivity contribution < 1.29 is 5.11 Å². The lowest BCUT2D eigenvalue weighted by atomic mass is 9.96. The van der Waals surface area contributed by atoms with E-state index in [0.29, 0.717) is 28.4 Å². The lowest BCUT2D eigenvalue weighted by Gasteiger charge is -2.22. The predicted octanol–water partition coefficient (Wildman–Crippen LogP) is 1.27. The number of anilines is 1. The normalized spacial score (nSPS) is 16.2. The van der Waals surface area contributed by atoms with Crippen LogP contribution in [0.25, 0.3) is 11.7 Å². The number of H-pyrrole nitrogens is 2. The number of nitrogens with one attached hydrogen (secondary N) is 3. The molecule has 10 heteroatoms. The summed E-state index contributed by atoms with van der Waals surface area (Å²) in [4.78, 5) is 30.4. The molecule has 4 N–H and O–H groups in total. The van der Waals surface area contributed by atoms with Gasteiger partial charge < -0.3 is 15.4 Å². The molecule has 1 aliphatic rings. The number of hydrogen-bond acceptors (Lipinski definition) is 7. The summed E-state index contributed by atoms with van der Waals surface area (Å²) in [6, 6.07) is 10.4. The van der Waals surface area contributed by atoms with Crippen LogP contribution in [0.15, 0.2) is 46.3 Å². The van der Waals surface area contributed by atoms with Crippen molar-refractivity contribution in [1.29, 1.82) is 0 Å². The first-order valence-electron chi connectivity index (χ1n) is 10.6. The maximum atomic E-state index is 11.5. The van der Waals surface area contributed by atoms with E-state index in [9.17, 15) is 9.90 Å². The zero-order chi connectivity index (χ0) is 22.2. The summed E-state index contributed by atoms with van der Waals surface area (Å²) in [6.07, 6.45) is 5.29. The molecule has 1 aromatic carbocycles. The topological polar surface area (TPSA) is 136 Å². The lowest BCUT2D eigenvalue weighted by molar-refractivity contribution is 0.454. The molecule has 1 atom stereocenters. The van der Waals surface area contributed by atoms with Gasteiger partial charge in [-0.15, -0.1) is 0 Å². The van der Waals surface area contributed by atoms with Gasteiger partial charge in [0.2, 0.25) is 11.8 Å². The number of benzene rings is 1. The Morgan fingerprint density at radius 1 is 1.22 bits per heavy atom. The Hall–Kier alpha value is -3.95. The second-order valence-electron chi connectivity index (χ2n) is 8.31. The molecule has 1 saturated carbocycles. The van der Waals surface area contributed by atoms with Crippen LogP contribution in [0.5, 0.6) is 5.88 Å². The number of aromatic hydroxyl groups is 1. The predicted molar refractivity (Wildman–Crippen MR) is 119 cm³/mol. The maximum absolute atomic E-state index is 11.5. The van der Waals surface area contributed by atoms with Gasteiger partial charge in [-0.05, 0) is 30.4 Å². The zero-order valence-electron chi connectivity index (χ0n) is 17.8. The number of aromatic nitrogens is 6. The van der Waals surface area contributed by atoms with Crippen LogP contribution < -0.4 is 21.8 Å². The third-order valence-corrected chi connectivity index (χ3v) is 5.37. The molecule has 0 bridgehead atoms. The lowest BCUT2D eigenvalue weighted by Crippen LogP contribution is -2.27. The summed E-state index contributed by atoms with van der Waals surface area (Å²) in [6.45, 7) is 4.28. The Balaban J connectivity index is 1.65. The standard InChI is InChI=1S/C22H24N8O2/c1-12(2)17(13-6-4-3-5-7-13)26-20-27-18-14(10-16-19(31)28-22(32)25-16)11-23-30(18)21(29-20)24-15-8-9-15/h3-7,10-12,15,17,31H,8-9H2,1-2H3,(H,24,26,29)(H2,25,28,32). The van der Waals surface area contributed by atoms with E-state index in [2.05, 4.69) is 51.3 Å². The minimum atomic E-state index is -0.491. The summed E-state index contributed by atoms with van der Waals surface area (Å²) < 4.78 is 1.59. The summed E-state index contributed by atoms with van der Waals surface area (Å²) in [7, 11) is 0. The van der Waals surface area contributed by atoms with Crippen molar-refractivity contribution in [3.05, 3.63) is 69.1 Å². The minimum Gasteiger partial charge on any atom is -0.493 e. The van der Waals surface area contributed by atoms with E-state index < -0.39 is 5.69 Å². The molecule has 3 heterocycles. The van der Waals surface area contributed by atoms with Gasteiger partial charge >= 0.3 is 5.69 Å². The van der Waals surface area contributed by atoms with E-state index in [-0.39, 0.29) is 23.7 Å². The Morgan fingerprint density at radius 2 is 2.00 bits per heavy atom. The van der Waals surface area contributed by atoms with Crippen molar-refractivity contribution >= 4 is 17.7 Å². The van der Waals surface area contributed by atoms with Gasteiger partial charge in [0, 0.05) is 5.22 Å². The molecule has 164 valence electrons. The van der Waals surface area contributed by atoms with E-state index in [1.165, 1.54) is 0 Å². The van der Waals surface area contributed by atoms with Crippen LogP contribution in [0.4, 0.5) is 5.95 Å². The van der Waals surface area contributed by atoms with Crippen LogP contribution in [-0.4, -0.2) is 40.7 Å². The molecule has 1 unspecified atom stereocenters. The molecule has 3 aromatic heterocycles. The average Bonchev–Trinajstić information content (AvgIpc) is 3.41. The summed E-state index contributed by atoms with van der Waals surface area (Å²) in [5, 5.41) is 18.4. The van der Waals surface area contributed by atoms with E-state index >= 15 is 0 Å². The molecule has 0 saturated heterocycles. The monoisotopic (exact) mass is 432 g/mol. The van der Waals surface area contributed by atoms with Gasteiger partial charge in [-0.25, -0.2) is 9.79 Å². The molecule has 10 nitrogen and oxygen atoms in total. The van der Waals surface area contributed by atoms with Crippen LogP contribution >= 0.6 is 0 Å². The fourth-order valence-electron chi connectivity index (χ4n) is 3.58. The Morgan fingerprint density at radius 3 is 2.66 bits per heavy atom. The first-order chi connectivity index (χ1) is 15.5. The molecule has 32 heavy (non-hydrogen) atoms. The van der Waals surface area contributed by atoms with Gasteiger partial charge in [-0.3, -0.25) is 4.98 Å². The molecular weight excluding hydrogens is 408 g/mol. The molecule has 5 rings (SSSR count). The number of rotatable bonds is 6. The number of imidazole rings is 1. The van der Waals surface area contributed by atoms with E-state index in [1.54, 1.807) is 16.8 Å². The van der Waals surface area contributed by atoms with Crippen molar-refractivity contribution in [1.82, 2.24) is 29.5 Å². The van der Waals surface area contributed by atoms with Crippen molar-refractivity contribution in [2.45, 2.75) is 38.8 Å². The number of hydrogen-bond donors (Lipinski definition) is 4. The number of nitrogens with zero attached hydrogens (tertiary/aromatic N) is 5. The minimum absolute atomic E-state index is 0.00727. The number of aromatic amines is 2. The number of fused-ring (bicyclic) bond motifs is 1. The highest BCUT2D eigenvalue weighted by Crippen LogP contribution is 2.25. The van der Waals surface area contributed by atoms with E-state index in [1.807, 2.05) is 18.2 Å².